The summed E-state index contributed by atoms with van der Waals surface area (Å²) in [5.74, 6) is 0.479. The lowest BCUT2D eigenvalue weighted by Gasteiger charge is -2.14. The molecule has 2 rings (SSSR count). The number of ether oxygens (including phenoxy) is 1. The Balaban J connectivity index is 2.62. The predicted molar refractivity (Wildman–Crippen MR) is 77.3 cm³/mol. The molecular weight excluding hydrogens is 256 g/mol. The third kappa shape index (κ3) is 2.71. The van der Waals surface area contributed by atoms with Crippen molar-refractivity contribution in [3.8, 4) is 17.0 Å². The Labute approximate surface area is 117 Å². The topological polar surface area (TPSA) is 71.5 Å². The number of carboxylic acid groups (broad SMARTS) is 1. The maximum absolute atomic E-state index is 10.9. The molecule has 0 aliphatic rings. The Kier molecular flexibility index (Phi) is 3.89. The highest BCUT2D eigenvalue weighted by Crippen LogP contribution is 2.34. The molecule has 0 fully saturated rings. The minimum atomic E-state index is -1.10. The molecule has 0 unspecified atom stereocenters. The lowest BCUT2D eigenvalue weighted by Crippen LogP contribution is -2.08. The number of benzene rings is 1. The molecule has 1 aromatic carbocycles. The fraction of sp³-hybridized carbons (Fsp3) is 0.200. The van der Waals surface area contributed by atoms with Crippen LogP contribution in [0.25, 0.3) is 11.1 Å². The Bertz CT molecular complexity index is 654. The van der Waals surface area contributed by atoms with E-state index in [0.29, 0.717) is 11.6 Å². The number of hydrogen-bond acceptors (Lipinski definition) is 3. The van der Waals surface area contributed by atoms with Crippen LogP contribution in [0.5, 0.6) is 5.88 Å². The lowest BCUT2D eigenvalue weighted by molar-refractivity contribution is 0.210. The predicted octanol–water partition coefficient (Wildman–Crippen LogP) is 3.46. The summed E-state index contributed by atoms with van der Waals surface area (Å²) in [6.07, 6.45) is -1.10. The first kappa shape index (κ1) is 13.9. The van der Waals surface area contributed by atoms with E-state index in [9.17, 15) is 4.79 Å². The van der Waals surface area contributed by atoms with Crippen molar-refractivity contribution in [2.75, 3.05) is 12.4 Å². The molecule has 5 nitrogen and oxygen atoms in total. The molecule has 0 aliphatic carbocycles. The molecular formula is C15H16N2O3. The van der Waals surface area contributed by atoms with Gasteiger partial charge in [-0.15, -0.1) is 0 Å². The van der Waals surface area contributed by atoms with Gasteiger partial charge in [0.1, 0.15) is 0 Å². The van der Waals surface area contributed by atoms with Gasteiger partial charge in [0.15, 0.2) is 0 Å². The molecule has 0 saturated heterocycles. The number of hydrogen-bond donors (Lipinski definition) is 2. The summed E-state index contributed by atoms with van der Waals surface area (Å²) in [6, 6.07) is 9.11. The zero-order chi connectivity index (χ0) is 14.7. The highest BCUT2D eigenvalue weighted by molar-refractivity contribution is 5.91. The normalized spacial score (nSPS) is 10.2. The first-order chi connectivity index (χ1) is 9.52. The van der Waals surface area contributed by atoms with Gasteiger partial charge in [0.25, 0.3) is 0 Å². The van der Waals surface area contributed by atoms with Crippen LogP contribution in [-0.4, -0.2) is 23.3 Å². The highest BCUT2D eigenvalue weighted by Gasteiger charge is 2.14. The maximum atomic E-state index is 10.9. The summed E-state index contributed by atoms with van der Waals surface area (Å²) < 4.78 is 5.31. The molecule has 0 aliphatic heterocycles. The fourth-order valence-corrected chi connectivity index (χ4v) is 1.97. The number of anilines is 1. The van der Waals surface area contributed by atoms with Crippen LogP contribution in [0.1, 0.15) is 11.3 Å². The van der Waals surface area contributed by atoms with Gasteiger partial charge in [0.2, 0.25) is 5.88 Å². The maximum Gasteiger partial charge on any atom is 0.409 e. The van der Waals surface area contributed by atoms with Gasteiger partial charge in [0.05, 0.1) is 12.8 Å². The Hall–Kier alpha value is -2.56. The van der Waals surface area contributed by atoms with Crippen molar-refractivity contribution >= 4 is 11.8 Å². The standard InChI is InChI=1S/C15H16N2O3/c1-9-8-12(14(20-3)16-10(9)2)11-6-4-5-7-13(11)17-15(18)19/h4-8,17H,1-3H3,(H,18,19). The van der Waals surface area contributed by atoms with Gasteiger partial charge in [-0.2, -0.15) is 0 Å². The molecule has 1 heterocycles. The summed E-state index contributed by atoms with van der Waals surface area (Å²) in [5, 5.41) is 11.3. The van der Waals surface area contributed by atoms with E-state index in [1.165, 1.54) is 0 Å². The molecule has 1 aromatic heterocycles. The number of nitrogens with one attached hydrogen (secondary N) is 1. The second-order valence-corrected chi connectivity index (χ2v) is 4.42. The summed E-state index contributed by atoms with van der Waals surface area (Å²) in [4.78, 5) is 15.3. The minimum Gasteiger partial charge on any atom is -0.481 e. The second-order valence-electron chi connectivity index (χ2n) is 4.42. The smallest absolute Gasteiger partial charge is 0.409 e. The van der Waals surface area contributed by atoms with Crippen molar-refractivity contribution in [3.05, 3.63) is 41.6 Å². The van der Waals surface area contributed by atoms with E-state index in [4.69, 9.17) is 9.84 Å². The molecule has 2 aromatic rings. The van der Waals surface area contributed by atoms with Crippen LogP contribution in [0.15, 0.2) is 30.3 Å². The van der Waals surface area contributed by atoms with Crippen LogP contribution in [0.3, 0.4) is 0 Å². The van der Waals surface area contributed by atoms with Crippen LogP contribution in [0, 0.1) is 13.8 Å². The van der Waals surface area contributed by atoms with E-state index in [1.54, 1.807) is 19.2 Å². The molecule has 0 atom stereocenters. The Morgan fingerprint density at radius 3 is 2.60 bits per heavy atom. The largest absolute Gasteiger partial charge is 0.481 e. The number of rotatable bonds is 3. The van der Waals surface area contributed by atoms with Crippen LogP contribution < -0.4 is 10.1 Å². The van der Waals surface area contributed by atoms with Crippen LogP contribution in [0.2, 0.25) is 0 Å². The van der Waals surface area contributed by atoms with Crippen molar-refractivity contribution in [3.63, 3.8) is 0 Å². The zero-order valence-corrected chi connectivity index (χ0v) is 11.6. The molecule has 1 amide bonds. The third-order valence-corrected chi connectivity index (χ3v) is 3.08. The van der Waals surface area contributed by atoms with Gasteiger partial charge in [-0.3, -0.25) is 5.32 Å². The number of nitrogens with zero attached hydrogens (tertiary/aromatic N) is 1. The minimum absolute atomic E-state index is 0.479. The molecule has 0 radical (unpaired) electrons. The van der Waals surface area contributed by atoms with E-state index >= 15 is 0 Å². The van der Waals surface area contributed by atoms with Gasteiger partial charge in [0, 0.05) is 16.8 Å². The highest BCUT2D eigenvalue weighted by atomic mass is 16.5. The van der Waals surface area contributed by atoms with Gasteiger partial charge in [-0.1, -0.05) is 18.2 Å². The Morgan fingerprint density at radius 2 is 1.95 bits per heavy atom. The second kappa shape index (κ2) is 5.61. The fourth-order valence-electron chi connectivity index (χ4n) is 1.97. The number of para-hydroxylation sites is 1. The zero-order valence-electron chi connectivity index (χ0n) is 11.6. The van der Waals surface area contributed by atoms with Crippen LogP contribution in [-0.2, 0) is 0 Å². The van der Waals surface area contributed by atoms with Crippen molar-refractivity contribution < 1.29 is 14.6 Å². The van der Waals surface area contributed by atoms with E-state index in [0.717, 1.165) is 22.4 Å². The summed E-state index contributed by atoms with van der Waals surface area (Å²) in [5.41, 5.74) is 3.91. The number of carbonyl (C=O) groups is 1. The van der Waals surface area contributed by atoms with Crippen molar-refractivity contribution in [2.45, 2.75) is 13.8 Å². The van der Waals surface area contributed by atoms with E-state index in [-0.39, 0.29) is 0 Å². The summed E-state index contributed by atoms with van der Waals surface area (Å²) >= 11 is 0. The van der Waals surface area contributed by atoms with Gasteiger partial charge >= 0.3 is 6.09 Å². The summed E-state index contributed by atoms with van der Waals surface area (Å²) in [7, 11) is 1.55. The number of methoxy groups -OCH3 is 1. The monoisotopic (exact) mass is 272 g/mol. The van der Waals surface area contributed by atoms with Crippen LogP contribution in [0.4, 0.5) is 10.5 Å². The summed E-state index contributed by atoms with van der Waals surface area (Å²) in [6.45, 7) is 3.86. The van der Waals surface area contributed by atoms with Crippen molar-refractivity contribution in [1.29, 1.82) is 0 Å². The average Bonchev–Trinajstić information content (AvgIpc) is 2.41. The van der Waals surface area contributed by atoms with E-state index in [2.05, 4.69) is 10.3 Å². The third-order valence-electron chi connectivity index (χ3n) is 3.08. The van der Waals surface area contributed by atoms with Crippen molar-refractivity contribution in [1.82, 2.24) is 4.98 Å². The van der Waals surface area contributed by atoms with Gasteiger partial charge < -0.3 is 9.84 Å². The van der Waals surface area contributed by atoms with Crippen molar-refractivity contribution in [2.24, 2.45) is 0 Å². The quantitative estimate of drug-likeness (QED) is 0.897. The Morgan fingerprint density at radius 1 is 1.25 bits per heavy atom. The van der Waals surface area contributed by atoms with Crippen LogP contribution >= 0.6 is 0 Å². The molecule has 2 N–H and O–H groups in total. The lowest BCUT2D eigenvalue weighted by atomic mass is 10.0. The number of aromatic nitrogens is 1. The number of aryl methyl sites for hydroxylation is 2. The first-order valence-electron chi connectivity index (χ1n) is 6.14. The SMILES string of the molecule is COc1nc(C)c(C)cc1-c1ccccc1NC(=O)O. The number of amides is 1. The van der Waals surface area contributed by atoms with Gasteiger partial charge in [-0.25, -0.2) is 9.78 Å². The van der Waals surface area contributed by atoms with E-state index < -0.39 is 6.09 Å². The molecule has 0 bridgehead atoms. The molecule has 104 valence electrons. The van der Waals surface area contributed by atoms with E-state index in [1.807, 2.05) is 32.0 Å². The molecule has 5 heteroatoms. The molecule has 0 spiro atoms. The molecule has 0 saturated carbocycles. The van der Waals surface area contributed by atoms with Gasteiger partial charge in [-0.05, 0) is 31.5 Å². The number of pyridine rings is 1. The first-order valence-corrected chi connectivity index (χ1v) is 6.14. The molecule has 20 heavy (non-hydrogen) atoms. The average molecular weight is 272 g/mol.